The first-order valence-corrected chi connectivity index (χ1v) is 8.68. The maximum atomic E-state index is 13.5. The molecule has 0 radical (unpaired) electrons. The van der Waals surface area contributed by atoms with Gasteiger partial charge >= 0.3 is 0 Å². The van der Waals surface area contributed by atoms with E-state index in [0.29, 0.717) is 12.1 Å². The molecule has 0 saturated carbocycles. The molecule has 2 aromatic rings. The lowest BCUT2D eigenvalue weighted by Crippen LogP contribution is -2.38. The van der Waals surface area contributed by atoms with Crippen molar-refractivity contribution in [1.82, 2.24) is 14.8 Å². The monoisotopic (exact) mass is 344 g/mol. The molecular weight excluding hydrogens is 319 g/mol. The molecule has 25 heavy (non-hydrogen) atoms. The van der Waals surface area contributed by atoms with Crippen LogP contribution < -0.4 is 4.90 Å². The molecule has 1 fully saturated rings. The second-order valence-electron chi connectivity index (χ2n) is 6.86. The highest BCUT2D eigenvalue weighted by atomic mass is 19.1. The van der Waals surface area contributed by atoms with Gasteiger partial charge in [0.1, 0.15) is 11.6 Å². The van der Waals surface area contributed by atoms with E-state index in [2.05, 4.69) is 20.9 Å². The number of halogens is 1. The fourth-order valence-corrected chi connectivity index (χ4v) is 3.21. The molecule has 1 aromatic carbocycles. The lowest BCUT2D eigenvalue weighted by molar-refractivity contribution is -0.129. The van der Waals surface area contributed by atoms with Crippen molar-refractivity contribution >= 4 is 22.6 Å². The molecule has 0 atom stereocenters. The molecule has 5 nitrogen and oxygen atoms in total. The van der Waals surface area contributed by atoms with Crippen LogP contribution in [-0.2, 0) is 4.79 Å². The summed E-state index contributed by atoms with van der Waals surface area (Å²) < 4.78 is 13.5. The predicted molar refractivity (Wildman–Crippen MR) is 98.4 cm³/mol. The molecule has 1 aliphatic heterocycles. The third-order valence-electron chi connectivity index (χ3n) is 4.74. The number of rotatable bonds is 3. The van der Waals surface area contributed by atoms with Crippen LogP contribution in [0.5, 0.6) is 0 Å². The van der Waals surface area contributed by atoms with E-state index < -0.39 is 0 Å². The van der Waals surface area contributed by atoms with Crippen molar-refractivity contribution in [3.8, 4) is 0 Å². The Morgan fingerprint density at radius 1 is 1.20 bits per heavy atom. The van der Waals surface area contributed by atoms with Crippen molar-refractivity contribution in [2.24, 2.45) is 0 Å². The Morgan fingerprint density at radius 3 is 2.76 bits per heavy atom. The van der Waals surface area contributed by atoms with Gasteiger partial charge in [-0.15, -0.1) is 0 Å². The van der Waals surface area contributed by atoms with Gasteiger partial charge in [-0.25, -0.2) is 9.37 Å². The molecule has 0 aliphatic carbocycles. The van der Waals surface area contributed by atoms with E-state index >= 15 is 0 Å². The number of hydrogen-bond donors (Lipinski definition) is 0. The topological polar surface area (TPSA) is 39.7 Å². The third kappa shape index (κ3) is 4.07. The van der Waals surface area contributed by atoms with Crippen molar-refractivity contribution in [2.45, 2.75) is 13.3 Å². The number of nitrogens with zero attached hydrogens (tertiary/aromatic N) is 4. The average Bonchev–Trinajstić information content (AvgIpc) is 2.79. The van der Waals surface area contributed by atoms with Crippen LogP contribution >= 0.6 is 0 Å². The van der Waals surface area contributed by atoms with Crippen LogP contribution in [-0.4, -0.2) is 67.5 Å². The van der Waals surface area contributed by atoms with E-state index in [9.17, 15) is 9.18 Å². The summed E-state index contributed by atoms with van der Waals surface area (Å²) in [5.41, 5.74) is 1.79. The Balaban J connectivity index is 1.76. The van der Waals surface area contributed by atoms with E-state index in [-0.39, 0.29) is 11.7 Å². The number of amides is 1. The number of fused-ring (bicyclic) bond motifs is 1. The summed E-state index contributed by atoms with van der Waals surface area (Å²) in [6.07, 6.45) is 0.975. The van der Waals surface area contributed by atoms with Gasteiger partial charge < -0.3 is 9.80 Å². The highest BCUT2D eigenvalue weighted by Gasteiger charge is 2.19. The molecule has 0 N–H and O–H groups in total. The summed E-state index contributed by atoms with van der Waals surface area (Å²) in [6.45, 7) is 5.91. The fraction of sp³-hybridized carbons (Fsp3) is 0.474. The largest absolute Gasteiger partial charge is 0.355 e. The zero-order chi connectivity index (χ0) is 18.0. The van der Waals surface area contributed by atoms with E-state index in [1.165, 1.54) is 12.1 Å². The Bertz CT molecular complexity index is 777. The van der Waals surface area contributed by atoms with Gasteiger partial charge in [-0.1, -0.05) is 0 Å². The van der Waals surface area contributed by atoms with Crippen LogP contribution in [0.25, 0.3) is 10.9 Å². The van der Waals surface area contributed by atoms with E-state index in [4.69, 9.17) is 0 Å². The number of carbonyl (C=O) groups is 1. The summed E-state index contributed by atoms with van der Waals surface area (Å²) in [4.78, 5) is 22.6. The van der Waals surface area contributed by atoms with E-state index in [1.807, 2.05) is 6.92 Å². The molecule has 0 spiro atoms. The van der Waals surface area contributed by atoms with Crippen LogP contribution in [0.3, 0.4) is 0 Å². The summed E-state index contributed by atoms with van der Waals surface area (Å²) in [5, 5.41) is 0.984. The first-order chi connectivity index (χ1) is 11.9. The minimum atomic E-state index is -0.263. The second kappa shape index (κ2) is 7.35. The fourth-order valence-electron chi connectivity index (χ4n) is 3.21. The SMILES string of the molecule is Cc1cc(N2CCCN(CC(=O)N(C)C)CC2)nc2cc(F)ccc12. The van der Waals surface area contributed by atoms with Gasteiger partial charge in [0, 0.05) is 51.7 Å². The number of aryl methyl sites for hydroxylation is 1. The summed E-state index contributed by atoms with van der Waals surface area (Å²) in [5.74, 6) is 0.751. The molecule has 1 saturated heterocycles. The molecule has 6 heteroatoms. The van der Waals surface area contributed by atoms with Crippen LogP contribution in [0.15, 0.2) is 24.3 Å². The quantitative estimate of drug-likeness (QED) is 0.856. The van der Waals surface area contributed by atoms with E-state index in [0.717, 1.165) is 49.4 Å². The first kappa shape index (κ1) is 17.6. The Labute approximate surface area is 148 Å². The van der Waals surface area contributed by atoms with Gasteiger partial charge in [0.25, 0.3) is 0 Å². The van der Waals surface area contributed by atoms with Gasteiger partial charge in [-0.3, -0.25) is 9.69 Å². The number of pyridine rings is 1. The normalized spacial score (nSPS) is 16.1. The first-order valence-electron chi connectivity index (χ1n) is 8.68. The molecule has 0 unspecified atom stereocenters. The summed E-state index contributed by atoms with van der Waals surface area (Å²) in [6, 6.07) is 6.82. The van der Waals surface area contributed by atoms with Gasteiger partial charge in [0.05, 0.1) is 12.1 Å². The van der Waals surface area contributed by atoms with Crippen molar-refractivity contribution in [3.05, 3.63) is 35.6 Å². The highest BCUT2D eigenvalue weighted by Crippen LogP contribution is 2.24. The Morgan fingerprint density at radius 2 is 2.00 bits per heavy atom. The smallest absolute Gasteiger partial charge is 0.236 e. The zero-order valence-corrected chi connectivity index (χ0v) is 15.1. The molecule has 0 bridgehead atoms. The van der Waals surface area contributed by atoms with E-state index in [1.54, 1.807) is 25.1 Å². The molecule has 1 amide bonds. The minimum Gasteiger partial charge on any atom is -0.355 e. The van der Waals surface area contributed by atoms with Crippen LogP contribution in [0.1, 0.15) is 12.0 Å². The van der Waals surface area contributed by atoms with Crippen molar-refractivity contribution < 1.29 is 9.18 Å². The number of anilines is 1. The van der Waals surface area contributed by atoms with Crippen LogP contribution in [0.2, 0.25) is 0 Å². The maximum absolute atomic E-state index is 13.5. The predicted octanol–water partition coefficient (Wildman–Crippen LogP) is 2.28. The second-order valence-corrected chi connectivity index (χ2v) is 6.86. The number of carbonyl (C=O) groups excluding carboxylic acids is 1. The maximum Gasteiger partial charge on any atom is 0.236 e. The van der Waals surface area contributed by atoms with Gasteiger partial charge in [0.2, 0.25) is 5.91 Å². The Hall–Kier alpha value is -2.21. The zero-order valence-electron chi connectivity index (χ0n) is 15.1. The van der Waals surface area contributed by atoms with Gasteiger partial charge in [-0.05, 0) is 37.1 Å². The van der Waals surface area contributed by atoms with Crippen molar-refractivity contribution in [2.75, 3.05) is 51.7 Å². The number of hydrogen-bond acceptors (Lipinski definition) is 4. The van der Waals surface area contributed by atoms with Crippen LogP contribution in [0.4, 0.5) is 10.2 Å². The standard InChI is InChI=1S/C19H25FN4O/c1-14-11-18(21-17-12-15(20)5-6-16(14)17)24-8-4-7-23(9-10-24)13-19(25)22(2)3/h5-6,11-12H,4,7-10,13H2,1-3H3. The van der Waals surface area contributed by atoms with Gasteiger partial charge in [0.15, 0.2) is 0 Å². The highest BCUT2D eigenvalue weighted by molar-refractivity contribution is 5.84. The molecule has 134 valence electrons. The average molecular weight is 344 g/mol. The number of aromatic nitrogens is 1. The minimum absolute atomic E-state index is 0.128. The molecular formula is C19H25FN4O. The number of likely N-dealkylation sites (N-methyl/N-ethyl adjacent to an activating group) is 1. The van der Waals surface area contributed by atoms with Crippen molar-refractivity contribution in [1.29, 1.82) is 0 Å². The summed E-state index contributed by atoms with van der Waals surface area (Å²) >= 11 is 0. The van der Waals surface area contributed by atoms with Crippen LogP contribution in [0, 0.1) is 12.7 Å². The third-order valence-corrected chi connectivity index (χ3v) is 4.74. The lowest BCUT2D eigenvalue weighted by atomic mass is 10.1. The molecule has 1 aliphatic rings. The van der Waals surface area contributed by atoms with Crippen molar-refractivity contribution in [3.63, 3.8) is 0 Å². The number of benzene rings is 1. The Kier molecular flexibility index (Phi) is 5.18. The van der Waals surface area contributed by atoms with Gasteiger partial charge in [-0.2, -0.15) is 0 Å². The molecule has 3 rings (SSSR count). The molecule has 1 aromatic heterocycles. The summed E-state index contributed by atoms with van der Waals surface area (Å²) in [7, 11) is 3.57. The molecule has 2 heterocycles. The lowest BCUT2D eigenvalue weighted by Gasteiger charge is -2.24.